The number of fused-ring (bicyclic) bond motifs is 2. The minimum absolute atomic E-state index is 0.178. The number of hydrogen-bond donors (Lipinski definition) is 1. The van der Waals surface area contributed by atoms with E-state index in [1.807, 2.05) is 12.1 Å². The predicted octanol–water partition coefficient (Wildman–Crippen LogP) is 5.53. The molecule has 0 spiro atoms. The maximum Gasteiger partial charge on any atom is 0.312 e. The zero-order valence-corrected chi connectivity index (χ0v) is 18.8. The number of hydrogen-bond acceptors (Lipinski definition) is 4. The highest BCUT2D eigenvalue weighted by Gasteiger charge is 2.34. The molecule has 0 saturated carbocycles. The highest BCUT2D eigenvalue weighted by atomic mass is 35.5. The summed E-state index contributed by atoms with van der Waals surface area (Å²) in [5.74, 6) is -2.10. The van der Waals surface area contributed by atoms with Crippen molar-refractivity contribution in [2.45, 2.75) is 24.5 Å². The van der Waals surface area contributed by atoms with Crippen LogP contribution in [0.25, 0.3) is 21.8 Å². The van der Waals surface area contributed by atoms with Gasteiger partial charge in [-0.3, -0.25) is 9.78 Å². The minimum atomic E-state index is -4.16. The lowest BCUT2D eigenvalue weighted by Gasteiger charge is -2.21. The molecule has 8 heteroatoms. The zero-order valence-electron chi connectivity index (χ0n) is 17.3. The summed E-state index contributed by atoms with van der Waals surface area (Å²) in [6, 6.07) is 15.4. The minimum Gasteiger partial charge on any atom is -0.481 e. The van der Waals surface area contributed by atoms with Crippen LogP contribution in [0.3, 0.4) is 0 Å². The van der Waals surface area contributed by atoms with Gasteiger partial charge in [0.2, 0.25) is 10.0 Å². The van der Waals surface area contributed by atoms with Crippen LogP contribution in [0.15, 0.2) is 73.4 Å². The van der Waals surface area contributed by atoms with Crippen molar-refractivity contribution < 1.29 is 18.3 Å². The second kappa shape index (κ2) is 8.41. The fourth-order valence-electron chi connectivity index (χ4n) is 4.10. The number of carboxylic acids is 1. The normalized spacial score (nSPS) is 13.8. The third-order valence-corrected chi connectivity index (χ3v) is 7.81. The van der Waals surface area contributed by atoms with E-state index < -0.39 is 27.2 Å². The van der Waals surface area contributed by atoms with Crippen LogP contribution in [0.2, 0.25) is 5.02 Å². The summed E-state index contributed by atoms with van der Waals surface area (Å²) < 4.78 is 29.3. The largest absolute Gasteiger partial charge is 0.481 e. The quantitative estimate of drug-likeness (QED) is 0.360. The molecule has 0 aliphatic rings. The van der Waals surface area contributed by atoms with Crippen LogP contribution in [0.4, 0.5) is 0 Å². The first-order valence-corrected chi connectivity index (χ1v) is 11.9. The summed E-state index contributed by atoms with van der Waals surface area (Å²) in [4.78, 5) is 16.4. The number of aliphatic carboxylic acids is 1. The number of benzene rings is 2. The maximum atomic E-state index is 14.1. The Morgan fingerprint density at radius 2 is 1.94 bits per heavy atom. The van der Waals surface area contributed by atoms with Crippen molar-refractivity contribution in [3.63, 3.8) is 0 Å². The van der Waals surface area contributed by atoms with Gasteiger partial charge in [0.25, 0.3) is 0 Å². The molecule has 0 fully saturated rings. The molecule has 2 aromatic heterocycles. The summed E-state index contributed by atoms with van der Waals surface area (Å²) in [5, 5.41) is 10.4. The Kier molecular flexibility index (Phi) is 5.79. The van der Waals surface area contributed by atoms with Gasteiger partial charge in [0, 0.05) is 33.2 Å². The SMILES string of the molecule is C=CC(c1cccc2cccnc12)S(=O)(=O)n1c(C(CC)C(=O)O)cc2cc(Cl)ccc21. The van der Waals surface area contributed by atoms with Crippen molar-refractivity contribution in [2.24, 2.45) is 0 Å². The van der Waals surface area contributed by atoms with Crippen LogP contribution in [-0.2, 0) is 14.8 Å². The monoisotopic (exact) mass is 468 g/mol. The van der Waals surface area contributed by atoms with Gasteiger partial charge in [-0.1, -0.05) is 48.9 Å². The molecule has 0 radical (unpaired) electrons. The number of para-hydroxylation sites is 1. The lowest BCUT2D eigenvalue weighted by atomic mass is 10.0. The van der Waals surface area contributed by atoms with Gasteiger partial charge in [0.15, 0.2) is 0 Å². The number of aromatic nitrogens is 2. The first-order chi connectivity index (χ1) is 15.3. The van der Waals surface area contributed by atoms with Crippen LogP contribution in [0.1, 0.15) is 35.8 Å². The summed E-state index contributed by atoms with van der Waals surface area (Å²) >= 11 is 6.12. The van der Waals surface area contributed by atoms with Crippen molar-refractivity contribution in [3.8, 4) is 0 Å². The fraction of sp³-hybridized carbons (Fsp3) is 0.167. The van der Waals surface area contributed by atoms with E-state index in [1.54, 1.807) is 55.6 Å². The lowest BCUT2D eigenvalue weighted by Crippen LogP contribution is -2.25. The summed E-state index contributed by atoms with van der Waals surface area (Å²) in [5.41, 5.74) is 1.57. The Morgan fingerprint density at radius 3 is 2.62 bits per heavy atom. The average Bonchev–Trinajstić information content (AvgIpc) is 3.13. The molecule has 2 atom stereocenters. The van der Waals surface area contributed by atoms with Crippen molar-refractivity contribution in [1.82, 2.24) is 8.96 Å². The molecular weight excluding hydrogens is 448 g/mol. The van der Waals surface area contributed by atoms with Gasteiger partial charge in [0.05, 0.1) is 17.0 Å². The van der Waals surface area contributed by atoms with E-state index in [2.05, 4.69) is 11.6 Å². The van der Waals surface area contributed by atoms with Gasteiger partial charge in [-0.05, 0) is 36.8 Å². The average molecular weight is 469 g/mol. The van der Waals surface area contributed by atoms with Gasteiger partial charge < -0.3 is 5.11 Å². The molecule has 0 aliphatic carbocycles. The summed E-state index contributed by atoms with van der Waals surface area (Å²) in [6.45, 7) is 5.49. The van der Waals surface area contributed by atoms with Gasteiger partial charge in [0.1, 0.15) is 5.25 Å². The number of carboxylic acid groups (broad SMARTS) is 1. The van der Waals surface area contributed by atoms with Crippen molar-refractivity contribution in [3.05, 3.63) is 89.7 Å². The predicted molar refractivity (Wildman–Crippen MR) is 127 cm³/mol. The molecule has 0 amide bonds. The zero-order chi connectivity index (χ0) is 23.0. The Hall–Kier alpha value is -3.16. The molecular formula is C24H21ClN2O4S. The van der Waals surface area contributed by atoms with Crippen LogP contribution < -0.4 is 0 Å². The topological polar surface area (TPSA) is 89.3 Å². The van der Waals surface area contributed by atoms with Crippen molar-refractivity contribution in [1.29, 1.82) is 0 Å². The Morgan fingerprint density at radius 1 is 1.19 bits per heavy atom. The second-order valence-corrected chi connectivity index (χ2v) is 9.80. The van der Waals surface area contributed by atoms with E-state index in [1.165, 1.54) is 6.08 Å². The number of pyridine rings is 1. The Balaban J connectivity index is 2.03. The smallest absolute Gasteiger partial charge is 0.312 e. The second-order valence-electron chi connectivity index (χ2n) is 7.46. The third kappa shape index (κ3) is 3.57. The molecule has 2 aromatic carbocycles. The molecule has 0 bridgehead atoms. The molecule has 4 rings (SSSR count). The Bertz CT molecular complexity index is 1450. The first kappa shape index (κ1) is 22.0. The first-order valence-electron chi connectivity index (χ1n) is 10.0. The van der Waals surface area contributed by atoms with E-state index in [9.17, 15) is 18.3 Å². The highest BCUT2D eigenvalue weighted by Crippen LogP contribution is 2.37. The third-order valence-electron chi connectivity index (χ3n) is 5.57. The molecule has 4 aromatic rings. The van der Waals surface area contributed by atoms with E-state index >= 15 is 0 Å². The van der Waals surface area contributed by atoms with Gasteiger partial charge in [-0.15, -0.1) is 6.58 Å². The molecule has 164 valence electrons. The molecule has 32 heavy (non-hydrogen) atoms. The van der Waals surface area contributed by atoms with Crippen molar-refractivity contribution in [2.75, 3.05) is 0 Å². The van der Waals surface area contributed by atoms with Crippen LogP contribution in [-0.4, -0.2) is 28.5 Å². The van der Waals surface area contributed by atoms with Crippen LogP contribution in [0.5, 0.6) is 0 Å². The number of rotatable bonds is 7. The molecule has 2 unspecified atom stereocenters. The molecule has 0 saturated heterocycles. The lowest BCUT2D eigenvalue weighted by molar-refractivity contribution is -0.138. The van der Waals surface area contributed by atoms with Crippen molar-refractivity contribution >= 4 is 49.4 Å². The van der Waals surface area contributed by atoms with Crippen LogP contribution in [0, 0.1) is 0 Å². The maximum absolute atomic E-state index is 14.1. The Labute approximate surface area is 190 Å². The molecule has 1 N–H and O–H groups in total. The molecule has 0 aliphatic heterocycles. The van der Waals surface area contributed by atoms with E-state index in [0.29, 0.717) is 27.0 Å². The highest BCUT2D eigenvalue weighted by molar-refractivity contribution is 7.90. The fourth-order valence-corrected chi connectivity index (χ4v) is 6.18. The van der Waals surface area contributed by atoms with E-state index in [0.717, 1.165) is 9.36 Å². The molecule has 6 nitrogen and oxygen atoms in total. The molecule has 2 heterocycles. The number of carbonyl (C=O) groups is 1. The summed E-state index contributed by atoms with van der Waals surface area (Å²) in [6.07, 6.45) is 3.18. The van der Waals surface area contributed by atoms with Crippen LogP contribution >= 0.6 is 11.6 Å². The van der Waals surface area contributed by atoms with Gasteiger partial charge in [-0.2, -0.15) is 0 Å². The van der Waals surface area contributed by atoms with Gasteiger partial charge >= 0.3 is 5.97 Å². The van der Waals surface area contributed by atoms with Gasteiger partial charge in [-0.25, -0.2) is 12.4 Å². The standard InChI is InChI=1S/C24H21ClN2O4S/c1-3-18(24(28)29)21-14-16-13-17(25)10-11-20(16)27(21)32(30,31)22(4-2)19-9-5-7-15-8-6-12-26-23(15)19/h4-14,18,22H,2-3H2,1H3,(H,28,29). The van der Waals surface area contributed by atoms with E-state index in [4.69, 9.17) is 11.6 Å². The summed E-state index contributed by atoms with van der Waals surface area (Å²) in [7, 11) is -4.16. The number of halogens is 1. The number of nitrogens with zero attached hydrogens (tertiary/aromatic N) is 2. The van der Waals surface area contributed by atoms with E-state index in [-0.39, 0.29) is 12.1 Å².